The van der Waals surface area contributed by atoms with Gasteiger partial charge >= 0.3 is 0 Å². The number of hydrogen-bond acceptors (Lipinski definition) is 4. The topological polar surface area (TPSA) is 54.1 Å². The van der Waals surface area contributed by atoms with Crippen LogP contribution in [0.3, 0.4) is 0 Å². The molecule has 2 aromatic rings. The van der Waals surface area contributed by atoms with Gasteiger partial charge in [0, 0.05) is 25.5 Å². The number of aromatic nitrogens is 2. The van der Waals surface area contributed by atoms with Crippen molar-refractivity contribution in [1.29, 1.82) is 5.26 Å². The van der Waals surface area contributed by atoms with E-state index in [2.05, 4.69) is 22.1 Å². The lowest BCUT2D eigenvalue weighted by Gasteiger charge is -2.56. The third-order valence-electron chi connectivity index (χ3n) is 6.39. The highest BCUT2D eigenvalue weighted by Crippen LogP contribution is 2.49. The van der Waals surface area contributed by atoms with E-state index in [4.69, 9.17) is 4.74 Å². The van der Waals surface area contributed by atoms with Gasteiger partial charge in [-0.3, -0.25) is 0 Å². The van der Waals surface area contributed by atoms with Gasteiger partial charge in [-0.15, -0.1) is 0 Å². The van der Waals surface area contributed by atoms with Gasteiger partial charge in [0.25, 0.3) is 0 Å². The van der Waals surface area contributed by atoms with Crippen LogP contribution in [0.2, 0.25) is 0 Å². The van der Waals surface area contributed by atoms with Crippen LogP contribution in [0.4, 0.5) is 5.69 Å². The van der Waals surface area contributed by atoms with Gasteiger partial charge in [0.15, 0.2) is 0 Å². The predicted octanol–water partition coefficient (Wildman–Crippen LogP) is 3.82. The molecule has 26 heavy (non-hydrogen) atoms. The normalized spacial score (nSPS) is 23.1. The number of nitrogens with zero attached hydrogens (tertiary/aromatic N) is 4. The molecule has 134 valence electrons. The maximum atomic E-state index is 9.94. The number of hydrogen-bond donors (Lipinski definition) is 0. The zero-order valence-electron chi connectivity index (χ0n) is 15.0. The van der Waals surface area contributed by atoms with Crippen LogP contribution < -0.4 is 4.90 Å². The van der Waals surface area contributed by atoms with Gasteiger partial charge in [0.05, 0.1) is 22.6 Å². The molecule has 0 amide bonds. The molecule has 5 rings (SSSR count). The third kappa shape index (κ3) is 2.44. The van der Waals surface area contributed by atoms with E-state index in [1.165, 1.54) is 19.3 Å². The number of morpholine rings is 1. The first-order valence-electron chi connectivity index (χ1n) is 9.71. The Bertz CT molecular complexity index is 841. The van der Waals surface area contributed by atoms with Crippen molar-refractivity contribution in [3.63, 3.8) is 0 Å². The van der Waals surface area contributed by atoms with Gasteiger partial charge in [-0.1, -0.05) is 18.9 Å². The maximum absolute atomic E-state index is 9.94. The molecule has 0 unspecified atom stereocenters. The zero-order chi connectivity index (χ0) is 17.6. The van der Waals surface area contributed by atoms with Crippen LogP contribution in [-0.2, 0) is 4.74 Å². The Hall–Kier alpha value is -2.32. The molecule has 0 bridgehead atoms. The molecular weight excluding hydrogens is 324 g/mol. The highest BCUT2D eigenvalue weighted by atomic mass is 16.5. The van der Waals surface area contributed by atoms with E-state index in [1.54, 1.807) is 10.9 Å². The van der Waals surface area contributed by atoms with E-state index in [1.807, 2.05) is 24.4 Å². The van der Waals surface area contributed by atoms with Crippen molar-refractivity contribution in [3.05, 3.63) is 42.2 Å². The molecule has 3 aliphatic rings. The van der Waals surface area contributed by atoms with Crippen molar-refractivity contribution >= 4 is 5.69 Å². The number of benzene rings is 1. The molecule has 5 nitrogen and oxygen atoms in total. The van der Waals surface area contributed by atoms with Crippen molar-refractivity contribution in [2.24, 2.45) is 0 Å². The first-order chi connectivity index (χ1) is 12.7. The number of ether oxygens (including phenoxy) is 1. The Morgan fingerprint density at radius 1 is 0.962 bits per heavy atom. The lowest BCUT2D eigenvalue weighted by atomic mass is 9.76. The molecule has 2 heterocycles. The van der Waals surface area contributed by atoms with Crippen molar-refractivity contribution in [2.45, 2.75) is 56.1 Å². The quantitative estimate of drug-likeness (QED) is 0.828. The Labute approximate surface area is 154 Å². The molecule has 1 saturated heterocycles. The molecule has 0 radical (unpaired) electrons. The molecule has 1 aromatic carbocycles. The highest BCUT2D eigenvalue weighted by Gasteiger charge is 2.52. The average molecular weight is 348 g/mol. The fraction of sp³-hybridized carbons (Fsp3) is 0.524. The van der Waals surface area contributed by atoms with Crippen LogP contribution in [-0.4, -0.2) is 34.1 Å². The Morgan fingerprint density at radius 3 is 2.23 bits per heavy atom. The van der Waals surface area contributed by atoms with Crippen molar-refractivity contribution in [3.8, 4) is 11.8 Å². The van der Waals surface area contributed by atoms with Crippen molar-refractivity contribution in [2.75, 3.05) is 18.0 Å². The SMILES string of the molecule is N#Cc1c(N2CC3(CCCC3)OC3(CCC3)C2)cccc1-n1cccn1. The van der Waals surface area contributed by atoms with Gasteiger partial charge in [-0.25, -0.2) is 4.68 Å². The summed E-state index contributed by atoms with van der Waals surface area (Å²) in [5.74, 6) is 0. The molecule has 1 aliphatic heterocycles. The van der Waals surface area contributed by atoms with E-state index in [-0.39, 0.29) is 11.2 Å². The van der Waals surface area contributed by atoms with E-state index in [9.17, 15) is 5.26 Å². The molecular formula is C21H24N4O. The lowest BCUT2D eigenvalue weighted by Crippen LogP contribution is -2.63. The van der Waals surface area contributed by atoms with Crippen molar-refractivity contribution < 1.29 is 4.74 Å². The van der Waals surface area contributed by atoms with Crippen molar-refractivity contribution in [1.82, 2.24) is 9.78 Å². The minimum Gasteiger partial charge on any atom is -0.365 e. The summed E-state index contributed by atoms with van der Waals surface area (Å²) in [5, 5.41) is 14.3. The van der Waals surface area contributed by atoms with E-state index < -0.39 is 0 Å². The molecule has 2 saturated carbocycles. The fourth-order valence-electron chi connectivity index (χ4n) is 5.07. The van der Waals surface area contributed by atoms with Crippen LogP contribution in [0.15, 0.2) is 36.7 Å². The first-order valence-corrected chi connectivity index (χ1v) is 9.71. The monoisotopic (exact) mass is 348 g/mol. The molecule has 3 fully saturated rings. The van der Waals surface area contributed by atoms with Crippen LogP contribution >= 0.6 is 0 Å². The second kappa shape index (κ2) is 5.85. The molecule has 2 aliphatic carbocycles. The minimum absolute atomic E-state index is 0.00296. The molecule has 0 atom stereocenters. The standard InChI is InChI=1S/C21H24N4O/c22-14-17-18(6-3-7-19(17)25-13-5-12-23-25)24-15-20(8-1-2-9-20)26-21(16-24)10-4-11-21/h3,5-7,12-13H,1-2,4,8-11,15-16H2. The van der Waals surface area contributed by atoms with Gasteiger partial charge in [-0.05, 0) is 50.3 Å². The number of nitriles is 1. The summed E-state index contributed by atoms with van der Waals surface area (Å²) in [4.78, 5) is 2.43. The van der Waals surface area contributed by atoms with E-state index >= 15 is 0 Å². The van der Waals surface area contributed by atoms with Gasteiger partial charge in [-0.2, -0.15) is 10.4 Å². The van der Waals surface area contributed by atoms with Crippen LogP contribution in [0.5, 0.6) is 0 Å². The summed E-state index contributed by atoms with van der Waals surface area (Å²) in [6.07, 6.45) is 12.0. The first kappa shape index (κ1) is 15.9. The summed E-state index contributed by atoms with van der Waals surface area (Å²) in [6.45, 7) is 1.79. The Kier molecular flexibility index (Phi) is 3.58. The average Bonchev–Trinajstić information content (AvgIpc) is 3.31. The summed E-state index contributed by atoms with van der Waals surface area (Å²) < 4.78 is 8.53. The summed E-state index contributed by atoms with van der Waals surface area (Å²) in [6, 6.07) is 10.4. The van der Waals surface area contributed by atoms with Gasteiger partial charge in [0.1, 0.15) is 11.6 Å². The predicted molar refractivity (Wildman–Crippen MR) is 99.4 cm³/mol. The molecule has 5 heteroatoms. The summed E-state index contributed by atoms with van der Waals surface area (Å²) in [7, 11) is 0. The molecule has 1 aromatic heterocycles. The summed E-state index contributed by atoms with van der Waals surface area (Å²) >= 11 is 0. The van der Waals surface area contributed by atoms with Gasteiger partial charge < -0.3 is 9.64 Å². The van der Waals surface area contributed by atoms with Crippen LogP contribution in [0, 0.1) is 11.3 Å². The smallest absolute Gasteiger partial charge is 0.104 e. The number of rotatable bonds is 2. The lowest BCUT2D eigenvalue weighted by molar-refractivity contribution is -0.199. The summed E-state index contributed by atoms with van der Waals surface area (Å²) in [5.41, 5.74) is 2.57. The number of anilines is 1. The molecule has 2 spiro atoms. The fourth-order valence-corrected chi connectivity index (χ4v) is 5.07. The van der Waals surface area contributed by atoms with Crippen LogP contribution in [0.25, 0.3) is 5.69 Å². The second-order valence-corrected chi connectivity index (χ2v) is 8.12. The minimum atomic E-state index is -0.0207. The Morgan fingerprint density at radius 2 is 1.65 bits per heavy atom. The van der Waals surface area contributed by atoms with E-state index in [0.717, 1.165) is 50.1 Å². The highest BCUT2D eigenvalue weighted by molar-refractivity contribution is 5.68. The van der Waals surface area contributed by atoms with E-state index in [0.29, 0.717) is 5.56 Å². The maximum Gasteiger partial charge on any atom is 0.104 e. The van der Waals surface area contributed by atoms with Crippen LogP contribution in [0.1, 0.15) is 50.5 Å². The zero-order valence-corrected chi connectivity index (χ0v) is 15.0. The largest absolute Gasteiger partial charge is 0.365 e. The molecule has 0 N–H and O–H groups in total. The Balaban J connectivity index is 1.56. The van der Waals surface area contributed by atoms with Gasteiger partial charge in [0.2, 0.25) is 0 Å². The second-order valence-electron chi connectivity index (χ2n) is 8.12. The third-order valence-corrected chi connectivity index (χ3v) is 6.39.